The van der Waals surface area contributed by atoms with Crippen LogP contribution < -0.4 is 0 Å². The van der Waals surface area contributed by atoms with Crippen LogP contribution in [0.4, 0.5) is 0 Å². The monoisotopic (exact) mass is 352 g/mol. The van der Waals surface area contributed by atoms with Crippen molar-refractivity contribution in [3.05, 3.63) is 65.5 Å². The molecule has 1 aromatic carbocycles. The van der Waals surface area contributed by atoms with Crippen LogP contribution in [0.5, 0.6) is 0 Å². The van der Waals surface area contributed by atoms with E-state index >= 15 is 0 Å². The minimum Gasteiger partial charge on any atom is -0.452 e. The van der Waals surface area contributed by atoms with Gasteiger partial charge in [-0.2, -0.15) is 10.1 Å². The number of nitrogens with one attached hydrogen (secondary N) is 1. The molecule has 25 heavy (non-hydrogen) atoms. The number of H-pyrrole nitrogens is 1. The van der Waals surface area contributed by atoms with E-state index in [9.17, 15) is 4.79 Å². The number of hydrogen-bond donors (Lipinski definition) is 1. The Morgan fingerprint density at radius 1 is 1.20 bits per heavy atom. The van der Waals surface area contributed by atoms with E-state index < -0.39 is 5.97 Å². The summed E-state index contributed by atoms with van der Waals surface area (Å²) in [6.45, 7) is -0.101. The minimum atomic E-state index is -0.511. The van der Waals surface area contributed by atoms with Gasteiger partial charge in [0.05, 0.1) is 16.8 Å². The summed E-state index contributed by atoms with van der Waals surface area (Å²) in [6.07, 6.45) is 1.44. The van der Waals surface area contributed by atoms with Crippen molar-refractivity contribution >= 4 is 17.3 Å². The number of carbonyl (C=O) groups is 1. The molecular formula is C17H12N4O3S. The van der Waals surface area contributed by atoms with Crippen molar-refractivity contribution in [1.82, 2.24) is 20.3 Å². The van der Waals surface area contributed by atoms with Gasteiger partial charge in [-0.25, -0.2) is 4.79 Å². The van der Waals surface area contributed by atoms with E-state index in [1.165, 1.54) is 17.5 Å². The molecule has 1 N–H and O–H groups in total. The summed E-state index contributed by atoms with van der Waals surface area (Å²) in [5.74, 6) is 0.208. The molecule has 0 fully saturated rings. The molecule has 3 heterocycles. The lowest BCUT2D eigenvalue weighted by Gasteiger charge is -2.03. The molecule has 0 amide bonds. The predicted octanol–water partition coefficient (Wildman–Crippen LogP) is 3.55. The number of hydrogen-bond acceptors (Lipinski definition) is 7. The Kier molecular flexibility index (Phi) is 4.09. The lowest BCUT2D eigenvalue weighted by molar-refractivity contribution is 0.0431. The van der Waals surface area contributed by atoms with Gasteiger partial charge in [-0.1, -0.05) is 41.6 Å². The number of thiophene rings is 1. The third kappa shape index (κ3) is 3.20. The van der Waals surface area contributed by atoms with Crippen molar-refractivity contribution in [3.8, 4) is 22.0 Å². The fraction of sp³-hybridized carbons (Fsp3) is 0.0588. The Morgan fingerprint density at radius 3 is 2.88 bits per heavy atom. The Balaban J connectivity index is 1.46. The van der Waals surface area contributed by atoms with Gasteiger partial charge in [0.25, 0.3) is 5.89 Å². The van der Waals surface area contributed by atoms with Gasteiger partial charge in [-0.15, -0.1) is 11.3 Å². The number of nitrogens with zero attached hydrogens (tertiary/aromatic N) is 3. The predicted molar refractivity (Wildman–Crippen MR) is 90.8 cm³/mol. The summed E-state index contributed by atoms with van der Waals surface area (Å²) >= 11 is 1.51. The second-order valence-electron chi connectivity index (χ2n) is 5.09. The summed E-state index contributed by atoms with van der Waals surface area (Å²) in [7, 11) is 0. The zero-order valence-corrected chi connectivity index (χ0v) is 13.7. The summed E-state index contributed by atoms with van der Waals surface area (Å²) in [6, 6.07) is 13.2. The number of carbonyl (C=O) groups excluding carboxylic acids is 1. The zero-order chi connectivity index (χ0) is 17.1. The zero-order valence-electron chi connectivity index (χ0n) is 12.9. The first-order valence-corrected chi connectivity index (χ1v) is 8.31. The maximum absolute atomic E-state index is 12.3. The first-order valence-electron chi connectivity index (χ1n) is 7.43. The van der Waals surface area contributed by atoms with Crippen molar-refractivity contribution in [1.29, 1.82) is 0 Å². The van der Waals surface area contributed by atoms with Crippen LogP contribution in [0.3, 0.4) is 0 Å². The highest BCUT2D eigenvalue weighted by atomic mass is 32.1. The fourth-order valence-electron chi connectivity index (χ4n) is 2.29. The number of benzene rings is 1. The maximum Gasteiger partial charge on any atom is 0.342 e. The Morgan fingerprint density at radius 2 is 2.08 bits per heavy atom. The molecule has 4 rings (SSSR count). The molecule has 0 spiro atoms. The Hall–Kier alpha value is -3.26. The maximum atomic E-state index is 12.3. The molecule has 4 aromatic rings. The lowest BCUT2D eigenvalue weighted by Crippen LogP contribution is -2.06. The first kappa shape index (κ1) is 15.3. The molecule has 0 aliphatic heterocycles. The topological polar surface area (TPSA) is 93.9 Å². The van der Waals surface area contributed by atoms with Gasteiger partial charge in [-0.3, -0.25) is 5.10 Å². The van der Waals surface area contributed by atoms with E-state index in [4.69, 9.17) is 9.26 Å². The molecule has 0 aliphatic carbocycles. The van der Waals surface area contributed by atoms with E-state index in [0.29, 0.717) is 17.1 Å². The van der Waals surface area contributed by atoms with Crippen LogP contribution in [-0.2, 0) is 11.3 Å². The minimum absolute atomic E-state index is 0.101. The van der Waals surface area contributed by atoms with Crippen LogP contribution in [0.2, 0.25) is 0 Å². The second-order valence-corrected chi connectivity index (χ2v) is 6.04. The number of rotatable bonds is 5. The molecule has 0 atom stereocenters. The Bertz CT molecular complexity index is 976. The van der Waals surface area contributed by atoms with Gasteiger partial charge in [0.2, 0.25) is 5.82 Å². The van der Waals surface area contributed by atoms with Crippen molar-refractivity contribution in [3.63, 3.8) is 0 Å². The molecule has 8 heteroatoms. The summed E-state index contributed by atoms with van der Waals surface area (Å²) in [5.41, 5.74) is 1.81. The molecule has 0 radical (unpaired) electrons. The van der Waals surface area contributed by atoms with Crippen LogP contribution in [0, 0.1) is 0 Å². The van der Waals surface area contributed by atoms with Crippen molar-refractivity contribution < 1.29 is 14.1 Å². The van der Waals surface area contributed by atoms with Gasteiger partial charge >= 0.3 is 5.97 Å². The number of aromatic amines is 1. The molecule has 0 aliphatic rings. The molecule has 3 aromatic heterocycles. The van der Waals surface area contributed by atoms with Gasteiger partial charge in [0.1, 0.15) is 5.56 Å². The summed E-state index contributed by atoms with van der Waals surface area (Å²) < 4.78 is 10.4. The van der Waals surface area contributed by atoms with Crippen LogP contribution in [0.15, 0.2) is 58.6 Å². The standard InChI is InChI=1S/C17H12N4O3S/c22-17(12-9-18-20-15(12)11-5-2-1-3-6-11)23-10-14-19-16(21-24-14)13-7-4-8-25-13/h1-9H,10H2,(H,18,20). The van der Waals surface area contributed by atoms with Crippen LogP contribution >= 0.6 is 11.3 Å². The van der Waals surface area contributed by atoms with Gasteiger partial charge in [0, 0.05) is 5.56 Å². The normalized spacial score (nSPS) is 10.7. The van der Waals surface area contributed by atoms with Crippen molar-refractivity contribution in [2.24, 2.45) is 0 Å². The summed E-state index contributed by atoms with van der Waals surface area (Å²) in [5, 5.41) is 12.6. The third-order valence-electron chi connectivity index (χ3n) is 3.46. The lowest BCUT2D eigenvalue weighted by atomic mass is 10.1. The molecule has 124 valence electrons. The summed E-state index contributed by atoms with van der Waals surface area (Å²) in [4.78, 5) is 17.4. The molecule has 0 saturated carbocycles. The van der Waals surface area contributed by atoms with Crippen molar-refractivity contribution in [2.45, 2.75) is 6.61 Å². The molecule has 0 bridgehead atoms. The van der Waals surface area contributed by atoms with Gasteiger partial charge in [-0.05, 0) is 11.4 Å². The average molecular weight is 352 g/mol. The number of esters is 1. The van der Waals surface area contributed by atoms with Gasteiger partial charge < -0.3 is 9.26 Å². The highest BCUT2D eigenvalue weighted by Crippen LogP contribution is 2.23. The van der Waals surface area contributed by atoms with E-state index in [2.05, 4.69) is 20.3 Å². The average Bonchev–Trinajstić information content (AvgIpc) is 3.41. The highest BCUT2D eigenvalue weighted by molar-refractivity contribution is 7.13. The third-order valence-corrected chi connectivity index (χ3v) is 4.32. The van der Waals surface area contributed by atoms with E-state index in [1.807, 2.05) is 47.8 Å². The fourth-order valence-corrected chi connectivity index (χ4v) is 2.94. The van der Waals surface area contributed by atoms with E-state index in [1.54, 1.807) is 0 Å². The highest BCUT2D eigenvalue weighted by Gasteiger charge is 2.18. The molecule has 7 nitrogen and oxygen atoms in total. The molecular weight excluding hydrogens is 340 g/mol. The Labute approximate surface area is 146 Å². The van der Waals surface area contributed by atoms with Crippen molar-refractivity contribution in [2.75, 3.05) is 0 Å². The van der Waals surface area contributed by atoms with Gasteiger partial charge in [0.15, 0.2) is 6.61 Å². The number of aromatic nitrogens is 4. The SMILES string of the molecule is O=C(OCc1nc(-c2cccs2)no1)c1cn[nH]c1-c1ccccc1. The van der Waals surface area contributed by atoms with E-state index in [-0.39, 0.29) is 12.5 Å². The molecule has 0 unspecified atom stereocenters. The molecule has 0 saturated heterocycles. The smallest absolute Gasteiger partial charge is 0.342 e. The second kappa shape index (κ2) is 6.70. The van der Waals surface area contributed by atoms with Crippen LogP contribution in [-0.4, -0.2) is 26.3 Å². The number of ether oxygens (including phenoxy) is 1. The largest absolute Gasteiger partial charge is 0.452 e. The van der Waals surface area contributed by atoms with Crippen LogP contribution in [0.1, 0.15) is 16.2 Å². The van der Waals surface area contributed by atoms with E-state index in [0.717, 1.165) is 10.4 Å². The first-order chi connectivity index (χ1) is 12.3. The van der Waals surface area contributed by atoms with Crippen LogP contribution in [0.25, 0.3) is 22.0 Å². The quantitative estimate of drug-likeness (QED) is 0.552.